The molecule has 2 aromatic heterocycles. The number of aliphatic carboxylic acids is 1. The van der Waals surface area contributed by atoms with Gasteiger partial charge in [0.05, 0.1) is 24.3 Å². The highest BCUT2D eigenvalue weighted by atomic mass is 19.4. The van der Waals surface area contributed by atoms with Crippen LogP contribution < -0.4 is 15.8 Å². The van der Waals surface area contributed by atoms with E-state index < -0.39 is 48.1 Å². The van der Waals surface area contributed by atoms with Gasteiger partial charge in [-0.25, -0.2) is 9.18 Å². The van der Waals surface area contributed by atoms with Gasteiger partial charge in [-0.1, -0.05) is 18.2 Å². The van der Waals surface area contributed by atoms with Gasteiger partial charge in [-0.3, -0.25) is 14.6 Å². The first-order valence-electron chi connectivity index (χ1n) is 14.5. The molecule has 13 heteroatoms. The number of aryl methyl sites for hydroxylation is 2. The summed E-state index contributed by atoms with van der Waals surface area (Å²) in [6.07, 6.45) is -3.27. The Morgan fingerprint density at radius 3 is 2.52 bits per heavy atom. The second kappa shape index (κ2) is 12.5. The summed E-state index contributed by atoms with van der Waals surface area (Å²) >= 11 is 0. The standard InChI is InChI=1S/C33H32F4N4O5/c1-17-13-24(31(43)40(4)19(17)3)23-8-7-20(22-6-5-9-38-29(22)23)14-26(32(44)45)39-30(42)28-18(2)12-21(15-25(28)34)41-10-11-46-16-27(41)33(35,36)37/h5-9,12-13,15,26-27H,10-11,14,16H2,1-4H3,(H,39,42)(H,44,45)/t26-,27+/m0/s1. The molecule has 5 rings (SSSR count). The molecule has 4 aromatic rings. The molecule has 1 aliphatic heterocycles. The van der Waals surface area contributed by atoms with Gasteiger partial charge in [-0.2, -0.15) is 13.2 Å². The lowest BCUT2D eigenvalue weighted by atomic mass is 9.94. The van der Waals surface area contributed by atoms with E-state index in [0.29, 0.717) is 27.6 Å². The van der Waals surface area contributed by atoms with Crippen molar-refractivity contribution in [2.75, 3.05) is 24.7 Å². The Kier molecular flexibility index (Phi) is 8.89. The molecule has 3 heterocycles. The third-order valence-corrected chi connectivity index (χ3v) is 8.48. The minimum atomic E-state index is -4.62. The Morgan fingerprint density at radius 2 is 1.85 bits per heavy atom. The summed E-state index contributed by atoms with van der Waals surface area (Å²) in [6.45, 7) is 4.38. The van der Waals surface area contributed by atoms with Crippen LogP contribution in [0.5, 0.6) is 0 Å². The summed E-state index contributed by atoms with van der Waals surface area (Å²) in [5, 5.41) is 13.0. The first-order valence-corrected chi connectivity index (χ1v) is 14.5. The average molecular weight is 641 g/mol. The van der Waals surface area contributed by atoms with Crippen molar-refractivity contribution in [3.8, 4) is 11.1 Å². The highest BCUT2D eigenvalue weighted by Crippen LogP contribution is 2.33. The number of rotatable bonds is 7. The molecule has 1 fully saturated rings. The molecule has 2 atom stereocenters. The summed E-state index contributed by atoms with van der Waals surface area (Å²) in [7, 11) is 1.68. The number of hydrogen-bond acceptors (Lipinski definition) is 6. The van der Waals surface area contributed by atoms with Crippen molar-refractivity contribution in [3.63, 3.8) is 0 Å². The fraction of sp³-hybridized carbons (Fsp3) is 0.333. The molecule has 242 valence electrons. The van der Waals surface area contributed by atoms with Crippen LogP contribution in [-0.2, 0) is 23.0 Å². The van der Waals surface area contributed by atoms with E-state index in [4.69, 9.17) is 4.74 Å². The topological polar surface area (TPSA) is 114 Å². The van der Waals surface area contributed by atoms with Gasteiger partial charge in [0, 0.05) is 54.1 Å². The summed E-state index contributed by atoms with van der Waals surface area (Å²) < 4.78 is 62.7. The van der Waals surface area contributed by atoms with Gasteiger partial charge in [0.15, 0.2) is 0 Å². The van der Waals surface area contributed by atoms with E-state index >= 15 is 4.39 Å². The van der Waals surface area contributed by atoms with Crippen molar-refractivity contribution in [2.45, 2.75) is 45.5 Å². The van der Waals surface area contributed by atoms with Crippen LogP contribution in [0.1, 0.15) is 32.7 Å². The van der Waals surface area contributed by atoms with Crippen molar-refractivity contribution < 1.29 is 37.0 Å². The summed E-state index contributed by atoms with van der Waals surface area (Å²) in [5.41, 5.74) is 2.97. The van der Waals surface area contributed by atoms with E-state index in [-0.39, 0.29) is 36.4 Å². The number of nitrogens with one attached hydrogen (secondary N) is 1. The van der Waals surface area contributed by atoms with E-state index in [0.717, 1.165) is 22.2 Å². The first-order chi connectivity index (χ1) is 21.7. The molecule has 0 bridgehead atoms. The second-order valence-corrected chi connectivity index (χ2v) is 11.4. The molecule has 0 saturated carbocycles. The lowest BCUT2D eigenvalue weighted by Crippen LogP contribution is -2.53. The van der Waals surface area contributed by atoms with Gasteiger partial charge in [0.1, 0.15) is 17.9 Å². The number of halogens is 4. The monoisotopic (exact) mass is 640 g/mol. The lowest BCUT2D eigenvalue weighted by molar-refractivity contribution is -0.167. The quantitative estimate of drug-likeness (QED) is 0.278. The van der Waals surface area contributed by atoms with Gasteiger partial charge in [-0.05, 0) is 61.7 Å². The minimum absolute atomic E-state index is 0.0161. The number of carbonyl (C=O) groups is 2. The fourth-order valence-corrected chi connectivity index (χ4v) is 5.81. The Morgan fingerprint density at radius 1 is 1.11 bits per heavy atom. The molecular weight excluding hydrogens is 608 g/mol. The van der Waals surface area contributed by atoms with Crippen LogP contribution in [0.3, 0.4) is 0 Å². The molecule has 0 spiro atoms. The van der Waals surface area contributed by atoms with Crippen molar-refractivity contribution >= 4 is 28.5 Å². The highest BCUT2D eigenvalue weighted by molar-refractivity contribution is 5.99. The molecule has 1 aliphatic rings. The van der Waals surface area contributed by atoms with Crippen LogP contribution in [0.25, 0.3) is 22.0 Å². The number of alkyl halides is 3. The molecule has 9 nitrogen and oxygen atoms in total. The number of ether oxygens (including phenoxy) is 1. The number of aromatic nitrogens is 2. The van der Waals surface area contributed by atoms with Crippen molar-refractivity contribution in [3.05, 3.63) is 92.8 Å². The third kappa shape index (κ3) is 6.19. The second-order valence-electron chi connectivity index (χ2n) is 11.4. The number of carbonyl (C=O) groups excluding carboxylic acids is 1. The largest absolute Gasteiger partial charge is 0.480 e. The Bertz CT molecular complexity index is 1880. The van der Waals surface area contributed by atoms with E-state index in [1.165, 1.54) is 13.0 Å². The Hall–Kier alpha value is -4.78. The van der Waals surface area contributed by atoms with Gasteiger partial charge < -0.3 is 24.6 Å². The Labute approximate surface area is 261 Å². The van der Waals surface area contributed by atoms with Gasteiger partial charge in [-0.15, -0.1) is 0 Å². The summed E-state index contributed by atoms with van der Waals surface area (Å²) in [6, 6.07) is 7.16. The molecule has 0 radical (unpaired) electrons. The van der Waals surface area contributed by atoms with Gasteiger partial charge >= 0.3 is 12.1 Å². The predicted octanol–water partition coefficient (Wildman–Crippen LogP) is 4.86. The van der Waals surface area contributed by atoms with Gasteiger partial charge in [0.25, 0.3) is 11.5 Å². The minimum Gasteiger partial charge on any atom is -0.480 e. The molecular formula is C33H32F4N4O5. The van der Waals surface area contributed by atoms with E-state index in [1.807, 2.05) is 13.8 Å². The maximum atomic E-state index is 15.4. The number of benzene rings is 2. The zero-order valence-corrected chi connectivity index (χ0v) is 25.5. The van der Waals surface area contributed by atoms with Crippen molar-refractivity contribution in [2.24, 2.45) is 7.05 Å². The number of carboxylic acid groups (broad SMARTS) is 1. The maximum absolute atomic E-state index is 15.4. The number of anilines is 1. The predicted molar refractivity (Wildman–Crippen MR) is 164 cm³/mol. The van der Waals surface area contributed by atoms with Crippen LogP contribution in [0.15, 0.2) is 53.5 Å². The molecule has 1 amide bonds. The molecule has 2 aromatic carbocycles. The lowest BCUT2D eigenvalue weighted by Gasteiger charge is -2.38. The van der Waals surface area contributed by atoms with Crippen LogP contribution >= 0.6 is 0 Å². The number of fused-ring (bicyclic) bond motifs is 1. The number of hydrogen-bond donors (Lipinski definition) is 2. The van der Waals surface area contributed by atoms with Crippen molar-refractivity contribution in [1.29, 1.82) is 0 Å². The highest BCUT2D eigenvalue weighted by Gasteiger charge is 2.45. The number of carboxylic acids is 1. The first kappa shape index (κ1) is 32.6. The molecule has 0 unspecified atom stereocenters. The number of nitrogens with zero attached hydrogens (tertiary/aromatic N) is 3. The van der Waals surface area contributed by atoms with E-state index in [9.17, 15) is 32.7 Å². The van der Waals surface area contributed by atoms with Gasteiger partial charge in [0.2, 0.25) is 0 Å². The summed E-state index contributed by atoms with van der Waals surface area (Å²) in [5.74, 6) is -3.49. The number of amides is 1. The third-order valence-electron chi connectivity index (χ3n) is 8.48. The molecule has 2 N–H and O–H groups in total. The number of pyridine rings is 2. The van der Waals surface area contributed by atoms with Crippen LogP contribution in [0.4, 0.5) is 23.2 Å². The Balaban J connectivity index is 1.44. The molecule has 0 aliphatic carbocycles. The summed E-state index contributed by atoms with van der Waals surface area (Å²) in [4.78, 5) is 44.2. The van der Waals surface area contributed by atoms with Crippen LogP contribution in [0.2, 0.25) is 0 Å². The van der Waals surface area contributed by atoms with Crippen molar-refractivity contribution in [1.82, 2.24) is 14.9 Å². The molecule has 1 saturated heterocycles. The van der Waals surface area contributed by atoms with Crippen LogP contribution in [-0.4, -0.2) is 64.6 Å². The average Bonchev–Trinajstić information content (AvgIpc) is 3.01. The fourth-order valence-electron chi connectivity index (χ4n) is 5.81. The SMILES string of the molecule is Cc1cc(N2CCOC[C@@H]2C(F)(F)F)cc(F)c1C(=O)N[C@@H](Cc1ccc(-c2cc(C)c(C)n(C)c2=O)c2ncccc12)C(=O)O. The van der Waals surface area contributed by atoms with E-state index in [2.05, 4.69) is 10.3 Å². The zero-order valence-electron chi connectivity index (χ0n) is 25.5. The smallest absolute Gasteiger partial charge is 0.411 e. The molecule has 46 heavy (non-hydrogen) atoms. The number of morpholine rings is 1. The zero-order chi connectivity index (χ0) is 33.5. The van der Waals surface area contributed by atoms with Crippen LogP contribution in [0, 0.1) is 26.6 Å². The normalized spacial score (nSPS) is 16.0. The van der Waals surface area contributed by atoms with E-state index in [1.54, 1.807) is 48.1 Å². The maximum Gasteiger partial charge on any atom is 0.411 e.